The number of rotatable bonds is 18. The number of hydrogen-bond acceptors (Lipinski definition) is 26. The highest BCUT2D eigenvalue weighted by molar-refractivity contribution is 8.77. The molecule has 2 aromatic rings. The third-order valence-corrected chi connectivity index (χ3v) is 23.4. The molecule has 6 heterocycles. The summed E-state index contributed by atoms with van der Waals surface area (Å²) in [6.45, 7) is 9.10. The van der Waals surface area contributed by atoms with E-state index in [1.165, 1.54) is 50.7 Å². The van der Waals surface area contributed by atoms with E-state index in [4.69, 9.17) is 17.2 Å². The molecule has 4 aliphatic heterocycles. The largest absolute Gasteiger partial charge is 0.481 e. The average molecular weight is 1680 g/mol. The predicted octanol–water partition coefficient (Wildman–Crippen LogP) is -7.06. The summed E-state index contributed by atoms with van der Waals surface area (Å²) in [4.78, 5) is 272. The minimum atomic E-state index is -1.94. The lowest BCUT2D eigenvalue weighted by Gasteiger charge is -2.31. The van der Waals surface area contributed by atoms with Crippen LogP contribution in [0.3, 0.4) is 0 Å². The van der Waals surface area contributed by atoms with Crippen LogP contribution in [0.2, 0.25) is 0 Å². The third-order valence-electron chi connectivity index (χ3n) is 18.5. The maximum Gasteiger partial charge on any atom is 0.303 e. The van der Waals surface area contributed by atoms with Gasteiger partial charge in [0.05, 0.1) is 32.2 Å². The number of aliphatic hydroxyl groups excluding tert-OH is 1. The molecule has 4 aliphatic rings. The molecule has 0 saturated carbocycles. The molecule has 23 N–H and O–H groups in total. The van der Waals surface area contributed by atoms with E-state index in [1.807, 2.05) is 0 Å². The molecule has 0 unspecified atom stereocenters. The van der Waals surface area contributed by atoms with Crippen LogP contribution in [0, 0.1) is 17.8 Å². The standard InChI is InChI=1S/C68H104N22O20S4/c1-31(2)16-38-57(99)82-41(18-35-22-72-29-74-35)67(109)89-14-8-10-48(89)64(106)76-34(7)55(97)86-46-27-114-112-26-45(77-51(93)21-69)61(103)87-47(62(104)80-38)28-113-111-25-44(54(71)96)85-58(100)39(17-32(3)4)79-56(98)37(12-13-52(94)95)78-65(107)49-11-9-15-90(49)68(110)42(19-36-23-73-30-75-36)83-59(101)40(20-50(70)92)81-66(108)53(33(5)6)88-60(102)43(24-91)84-63(46)105/h22-23,29-34,37-49,53,91H,8-21,24-28,69H2,1-7H3,(H2,70,92)(H2,71,96)(H,72,74)(H,73,75)(H,76,106)(H,77,93)(H,78,107)(H,79,98)(H,80,104)(H,81,108)(H,82,99)(H,83,101)(H,84,105)(H,85,100)(H,86,97)(H,87,103)(H,88,102)(H,94,95)/t34-,37-,38-,39-,40-,41-,42-,43-,44-,45-,46-,47-,48-,49-,53-/m0/s1. The predicted molar refractivity (Wildman–Crippen MR) is 414 cm³/mol. The van der Waals surface area contributed by atoms with Gasteiger partial charge in [-0.3, -0.25) is 86.3 Å². The number of aromatic nitrogens is 4. The number of primary amides is 2. The van der Waals surface area contributed by atoms with Gasteiger partial charge in [0, 0.05) is 79.1 Å². The lowest BCUT2D eigenvalue weighted by molar-refractivity contribution is -0.143. The topological polar surface area (TPSA) is 646 Å². The van der Waals surface area contributed by atoms with Gasteiger partial charge in [0.25, 0.3) is 0 Å². The molecule has 42 nitrogen and oxygen atoms in total. The molecule has 17 amide bonds. The Labute approximate surface area is 671 Å². The second-order valence-corrected chi connectivity index (χ2v) is 34.0. The molecule has 4 fully saturated rings. The van der Waals surface area contributed by atoms with Crippen LogP contribution in [-0.4, -0.2) is 286 Å². The van der Waals surface area contributed by atoms with Crippen LogP contribution in [0.15, 0.2) is 25.0 Å². The van der Waals surface area contributed by atoms with Gasteiger partial charge in [0.15, 0.2) is 0 Å². The van der Waals surface area contributed by atoms with Gasteiger partial charge in [0.1, 0.15) is 90.6 Å². The van der Waals surface area contributed by atoms with Crippen molar-refractivity contribution in [3.05, 3.63) is 36.4 Å². The van der Waals surface area contributed by atoms with Gasteiger partial charge < -0.3 is 116 Å². The number of nitrogens with one attached hydrogen (secondary N) is 15. The molecular weight excluding hydrogens is 1570 g/mol. The fourth-order valence-electron chi connectivity index (χ4n) is 12.5. The Kier molecular flexibility index (Phi) is 37.0. The minimum Gasteiger partial charge on any atom is -0.481 e. The molecule has 15 atom stereocenters. The first kappa shape index (κ1) is 93.1. The van der Waals surface area contributed by atoms with Crippen LogP contribution in [-0.2, 0) is 99.1 Å². The van der Waals surface area contributed by atoms with Crippen molar-refractivity contribution < 1.29 is 96.5 Å². The van der Waals surface area contributed by atoms with Gasteiger partial charge >= 0.3 is 5.97 Å². The summed E-state index contributed by atoms with van der Waals surface area (Å²) >= 11 is 0. The van der Waals surface area contributed by atoms with Crippen LogP contribution in [0.25, 0.3) is 0 Å². The number of aromatic amines is 2. The smallest absolute Gasteiger partial charge is 0.303 e. The van der Waals surface area contributed by atoms with Crippen LogP contribution < -0.4 is 86.3 Å². The van der Waals surface area contributed by atoms with E-state index in [2.05, 4.69) is 89.1 Å². The normalized spacial score (nSPS) is 27.7. The monoisotopic (exact) mass is 1680 g/mol. The molecule has 0 aliphatic carbocycles. The summed E-state index contributed by atoms with van der Waals surface area (Å²) in [7, 11) is 3.37. The van der Waals surface area contributed by atoms with Crippen LogP contribution in [0.1, 0.15) is 118 Å². The average Bonchev–Trinajstić information content (AvgIpc) is 1.63. The Bertz CT molecular complexity index is 3770. The molecule has 2 aromatic heterocycles. The zero-order valence-electron chi connectivity index (χ0n) is 64.0. The molecule has 0 spiro atoms. The van der Waals surface area contributed by atoms with Crippen molar-refractivity contribution in [3.63, 3.8) is 0 Å². The first-order valence-electron chi connectivity index (χ1n) is 37.1. The van der Waals surface area contributed by atoms with E-state index in [9.17, 15) is 96.5 Å². The van der Waals surface area contributed by atoms with Crippen molar-refractivity contribution in [2.75, 3.05) is 49.3 Å². The van der Waals surface area contributed by atoms with E-state index >= 15 is 0 Å². The number of carbonyl (C=O) groups excluding carboxylic acids is 17. The number of aliphatic carboxylic acids is 1. The molecule has 4 saturated heterocycles. The number of nitrogens with zero attached hydrogens (tertiary/aromatic N) is 4. The van der Waals surface area contributed by atoms with Crippen LogP contribution in [0.5, 0.6) is 0 Å². The lowest BCUT2D eigenvalue weighted by Crippen LogP contribution is -2.62. The van der Waals surface area contributed by atoms with Gasteiger partial charge in [0.2, 0.25) is 100 Å². The minimum absolute atomic E-state index is 0.00480. The van der Waals surface area contributed by atoms with Crippen molar-refractivity contribution in [3.8, 4) is 0 Å². The van der Waals surface area contributed by atoms with Crippen LogP contribution in [0.4, 0.5) is 0 Å². The SMILES string of the molecule is CC(C)C[C@@H]1NC(=O)[C@H](CCC(=O)O)NC(=O)[C@@H]2CCCN2C(=O)[C@H](Cc2cnc[nH]2)NC(=O)[C@H](CC(N)=O)NC(=O)[C@H](C(C)C)NC(=O)[C@H](CO)NC(=O)[C@@H]2CSSC[C@H](NC(=O)CN)C(=O)N[C@@H](CSSC[C@@H](C(N)=O)NC1=O)C(=O)N[C@@H](CC(C)C)C(=O)N[C@@H](Cc1cnc[nH]1)C(=O)N1CCC[C@H]1C(=O)N[C@@H](C)C(=O)N2. The number of carboxylic acids is 1. The highest BCUT2D eigenvalue weighted by Gasteiger charge is 2.44. The van der Waals surface area contributed by atoms with Gasteiger partial charge in [-0.1, -0.05) is 84.7 Å². The quantitative estimate of drug-likeness (QED) is 0.0617. The summed E-state index contributed by atoms with van der Waals surface area (Å²) in [5, 5.41) is 53.5. The molecule has 630 valence electrons. The highest BCUT2D eigenvalue weighted by atomic mass is 33.1. The Morgan fingerprint density at radius 1 is 0.518 bits per heavy atom. The lowest BCUT2D eigenvalue weighted by atomic mass is 10.0. The van der Waals surface area contributed by atoms with Crippen molar-refractivity contribution in [2.24, 2.45) is 35.0 Å². The van der Waals surface area contributed by atoms with Crippen molar-refractivity contribution >= 4 is 150 Å². The van der Waals surface area contributed by atoms with Crippen molar-refractivity contribution in [2.45, 2.75) is 210 Å². The molecule has 0 radical (unpaired) electrons. The van der Waals surface area contributed by atoms with E-state index in [-0.39, 0.29) is 87.7 Å². The van der Waals surface area contributed by atoms with Gasteiger partial charge in [-0.05, 0) is 69.6 Å². The second kappa shape index (κ2) is 45.3. The van der Waals surface area contributed by atoms with Gasteiger partial charge in [-0.2, -0.15) is 0 Å². The maximum atomic E-state index is 15.0. The number of amides is 17. The summed E-state index contributed by atoms with van der Waals surface area (Å²) in [5.74, 6) is -21.8. The van der Waals surface area contributed by atoms with E-state index in [0.29, 0.717) is 5.69 Å². The van der Waals surface area contributed by atoms with Gasteiger partial charge in [-0.15, -0.1) is 0 Å². The highest BCUT2D eigenvalue weighted by Crippen LogP contribution is 2.27. The Morgan fingerprint density at radius 2 is 0.956 bits per heavy atom. The van der Waals surface area contributed by atoms with Gasteiger partial charge in [-0.25, -0.2) is 9.97 Å². The number of fused-ring (bicyclic) bond motifs is 10. The Morgan fingerprint density at radius 3 is 1.43 bits per heavy atom. The Balaban J connectivity index is 1.46. The molecule has 2 bridgehead atoms. The number of nitrogens with two attached hydrogens (primary N) is 3. The van der Waals surface area contributed by atoms with E-state index < -0.39 is 253 Å². The number of hydrogen-bond donors (Lipinski definition) is 20. The number of H-pyrrole nitrogens is 2. The molecule has 46 heteroatoms. The van der Waals surface area contributed by atoms with Crippen molar-refractivity contribution in [1.29, 1.82) is 0 Å². The van der Waals surface area contributed by atoms with E-state index in [1.54, 1.807) is 27.7 Å². The number of carbonyl (C=O) groups is 18. The number of imidazole rings is 2. The summed E-state index contributed by atoms with van der Waals surface area (Å²) in [6, 6.07) is -23.8. The molecule has 0 aromatic carbocycles. The zero-order valence-corrected chi connectivity index (χ0v) is 67.3. The first-order chi connectivity index (χ1) is 54.0. The third kappa shape index (κ3) is 28.6. The fourth-order valence-corrected chi connectivity index (χ4v) is 17.2. The summed E-state index contributed by atoms with van der Waals surface area (Å²) in [5.41, 5.74) is 17.8. The molecule has 114 heavy (non-hydrogen) atoms. The molecule has 6 rings (SSSR count). The fraction of sp³-hybridized carbons (Fsp3) is 0.647. The summed E-state index contributed by atoms with van der Waals surface area (Å²) < 4.78 is 0. The first-order valence-corrected chi connectivity index (χ1v) is 42.0. The van der Waals surface area contributed by atoms with Crippen LogP contribution >= 0.6 is 43.2 Å². The van der Waals surface area contributed by atoms with E-state index in [0.717, 1.165) is 48.1 Å². The number of aliphatic hydroxyl groups is 1. The summed E-state index contributed by atoms with van der Waals surface area (Å²) in [6.07, 6.45) is 2.87. The number of carboxylic acid groups (broad SMARTS) is 1. The Hall–Kier alpha value is -9.80. The second-order valence-electron chi connectivity index (χ2n) is 28.9. The van der Waals surface area contributed by atoms with Crippen molar-refractivity contribution in [1.82, 2.24) is 98.9 Å². The maximum absolute atomic E-state index is 15.0. The zero-order chi connectivity index (χ0) is 84.2. The molecular formula is C68H104N22O20S4.